The van der Waals surface area contributed by atoms with Gasteiger partial charge in [-0.05, 0) is 54.5 Å². The van der Waals surface area contributed by atoms with Crippen LogP contribution >= 0.6 is 11.3 Å². The summed E-state index contributed by atoms with van der Waals surface area (Å²) >= 11 is 1.85. The molecule has 20 heavy (non-hydrogen) atoms. The number of aromatic nitrogens is 1. The van der Waals surface area contributed by atoms with E-state index in [1.165, 1.54) is 10.4 Å². The molecule has 0 aromatic carbocycles. The van der Waals surface area contributed by atoms with Crippen molar-refractivity contribution in [1.82, 2.24) is 4.98 Å². The summed E-state index contributed by atoms with van der Waals surface area (Å²) in [4.78, 5) is 8.61. The van der Waals surface area contributed by atoms with Crippen LogP contribution in [0.15, 0.2) is 23.6 Å². The first-order chi connectivity index (χ1) is 9.72. The van der Waals surface area contributed by atoms with Gasteiger partial charge in [0.25, 0.3) is 0 Å². The van der Waals surface area contributed by atoms with Gasteiger partial charge in [0.15, 0.2) is 0 Å². The molecule has 1 aliphatic heterocycles. The molecule has 1 unspecified atom stereocenters. The number of aliphatic hydroxyl groups excluding tert-OH is 1. The Bertz CT molecular complexity index is 586. The highest BCUT2D eigenvalue weighted by Gasteiger charge is 2.26. The summed E-state index contributed by atoms with van der Waals surface area (Å²) in [6.07, 6.45) is 1.98. The number of nitrogens with zero attached hydrogens (tertiary/aromatic N) is 2. The Morgan fingerprint density at radius 2 is 2.30 bits per heavy atom. The van der Waals surface area contributed by atoms with Gasteiger partial charge in [0.2, 0.25) is 0 Å². The molecule has 2 aromatic rings. The molecule has 3 heterocycles. The van der Waals surface area contributed by atoms with Crippen molar-refractivity contribution in [2.24, 2.45) is 0 Å². The van der Waals surface area contributed by atoms with E-state index in [-0.39, 0.29) is 6.61 Å². The standard InChI is InChI=1S/C16H20N2OS/c1-3-13-8-12(10-19)9-16(17-13)18-6-4-15-14(11(18)2)5-7-20-15/h5,7-9,11,19H,3-4,6,10H2,1-2H3. The van der Waals surface area contributed by atoms with Crippen LogP contribution in [0.2, 0.25) is 0 Å². The molecule has 0 bridgehead atoms. The number of pyridine rings is 1. The minimum Gasteiger partial charge on any atom is -0.392 e. The highest BCUT2D eigenvalue weighted by atomic mass is 32.1. The topological polar surface area (TPSA) is 36.4 Å². The molecule has 0 radical (unpaired) electrons. The van der Waals surface area contributed by atoms with E-state index < -0.39 is 0 Å². The van der Waals surface area contributed by atoms with Crippen molar-refractivity contribution >= 4 is 17.2 Å². The average Bonchev–Trinajstić information content (AvgIpc) is 2.96. The molecule has 0 aliphatic carbocycles. The summed E-state index contributed by atoms with van der Waals surface area (Å²) in [7, 11) is 0. The summed E-state index contributed by atoms with van der Waals surface area (Å²) in [5.74, 6) is 0.998. The zero-order valence-corrected chi connectivity index (χ0v) is 12.8. The predicted octanol–water partition coefficient (Wildman–Crippen LogP) is 3.32. The van der Waals surface area contributed by atoms with Gasteiger partial charge >= 0.3 is 0 Å². The molecule has 1 N–H and O–H groups in total. The lowest BCUT2D eigenvalue weighted by atomic mass is 10.0. The number of hydrogen-bond acceptors (Lipinski definition) is 4. The van der Waals surface area contributed by atoms with E-state index in [1.807, 2.05) is 23.5 Å². The SMILES string of the molecule is CCc1cc(CO)cc(N2CCc3sccc3C2C)n1. The number of aryl methyl sites for hydroxylation is 1. The maximum Gasteiger partial charge on any atom is 0.129 e. The van der Waals surface area contributed by atoms with Crippen LogP contribution in [0.3, 0.4) is 0 Å². The molecule has 0 saturated heterocycles. The quantitative estimate of drug-likeness (QED) is 0.941. The van der Waals surface area contributed by atoms with E-state index in [1.54, 1.807) is 0 Å². The number of thiophene rings is 1. The molecule has 0 amide bonds. The molecule has 1 atom stereocenters. The van der Waals surface area contributed by atoms with Crippen LogP contribution in [0.25, 0.3) is 0 Å². The lowest BCUT2D eigenvalue weighted by Crippen LogP contribution is -2.34. The van der Waals surface area contributed by atoms with Gasteiger partial charge in [-0.25, -0.2) is 4.98 Å². The molecule has 0 spiro atoms. The highest BCUT2D eigenvalue weighted by molar-refractivity contribution is 7.10. The van der Waals surface area contributed by atoms with E-state index in [4.69, 9.17) is 4.98 Å². The molecule has 106 valence electrons. The summed E-state index contributed by atoms with van der Waals surface area (Å²) in [6, 6.07) is 6.60. The molecular formula is C16H20N2OS. The lowest BCUT2D eigenvalue weighted by molar-refractivity contribution is 0.281. The second kappa shape index (κ2) is 5.54. The van der Waals surface area contributed by atoms with Crippen molar-refractivity contribution in [3.8, 4) is 0 Å². The molecular weight excluding hydrogens is 268 g/mol. The number of hydrogen-bond donors (Lipinski definition) is 1. The Morgan fingerprint density at radius 1 is 1.45 bits per heavy atom. The van der Waals surface area contributed by atoms with Gasteiger partial charge in [0, 0.05) is 17.1 Å². The highest BCUT2D eigenvalue weighted by Crippen LogP contribution is 2.35. The predicted molar refractivity (Wildman–Crippen MR) is 83.3 cm³/mol. The summed E-state index contributed by atoms with van der Waals surface area (Å²) in [6.45, 7) is 5.42. The normalized spacial score (nSPS) is 18.1. The van der Waals surface area contributed by atoms with Crippen LogP contribution in [0.1, 0.15) is 41.6 Å². The minimum absolute atomic E-state index is 0.0778. The molecule has 2 aromatic heterocycles. The third kappa shape index (κ3) is 2.34. The molecule has 4 heteroatoms. The summed E-state index contributed by atoms with van der Waals surface area (Å²) in [5.41, 5.74) is 3.43. The van der Waals surface area contributed by atoms with Crippen molar-refractivity contribution in [3.63, 3.8) is 0 Å². The number of anilines is 1. The minimum atomic E-state index is 0.0778. The molecule has 0 fully saturated rings. The van der Waals surface area contributed by atoms with E-state index in [0.29, 0.717) is 6.04 Å². The van der Waals surface area contributed by atoms with Crippen LogP contribution in [0.5, 0.6) is 0 Å². The van der Waals surface area contributed by atoms with Gasteiger partial charge in [0.05, 0.1) is 12.6 Å². The maximum atomic E-state index is 9.43. The van der Waals surface area contributed by atoms with Crippen molar-refractivity contribution < 1.29 is 5.11 Å². The Kier molecular flexibility index (Phi) is 3.76. The fourth-order valence-corrected chi connectivity index (χ4v) is 3.84. The second-order valence-electron chi connectivity index (χ2n) is 5.26. The molecule has 1 aliphatic rings. The smallest absolute Gasteiger partial charge is 0.129 e. The third-order valence-electron chi connectivity index (χ3n) is 4.04. The lowest BCUT2D eigenvalue weighted by Gasteiger charge is -2.35. The van der Waals surface area contributed by atoms with Crippen LogP contribution < -0.4 is 4.90 Å². The average molecular weight is 288 g/mol. The number of aliphatic hydroxyl groups is 1. The van der Waals surface area contributed by atoms with Gasteiger partial charge < -0.3 is 10.0 Å². The molecule has 3 nitrogen and oxygen atoms in total. The van der Waals surface area contributed by atoms with Gasteiger partial charge in [-0.2, -0.15) is 0 Å². The monoisotopic (exact) mass is 288 g/mol. The Balaban J connectivity index is 1.97. The molecule has 3 rings (SSSR count). The van der Waals surface area contributed by atoms with Crippen molar-refractivity contribution in [2.45, 2.75) is 39.3 Å². The largest absolute Gasteiger partial charge is 0.392 e. The zero-order valence-electron chi connectivity index (χ0n) is 12.0. The van der Waals surface area contributed by atoms with Crippen LogP contribution in [0, 0.1) is 0 Å². The third-order valence-corrected chi connectivity index (χ3v) is 5.04. The van der Waals surface area contributed by atoms with Gasteiger partial charge in [-0.15, -0.1) is 11.3 Å². The van der Waals surface area contributed by atoms with Crippen molar-refractivity contribution in [3.05, 3.63) is 45.3 Å². The maximum absolute atomic E-state index is 9.43. The van der Waals surface area contributed by atoms with Crippen LogP contribution in [-0.4, -0.2) is 16.6 Å². The Morgan fingerprint density at radius 3 is 3.05 bits per heavy atom. The fraction of sp³-hybridized carbons (Fsp3) is 0.438. The fourth-order valence-electron chi connectivity index (χ4n) is 2.88. The van der Waals surface area contributed by atoms with Crippen molar-refractivity contribution in [2.75, 3.05) is 11.4 Å². The first-order valence-corrected chi connectivity index (χ1v) is 8.04. The van der Waals surface area contributed by atoms with Crippen molar-refractivity contribution in [1.29, 1.82) is 0 Å². The summed E-state index contributed by atoms with van der Waals surface area (Å²) < 4.78 is 0. The van der Waals surface area contributed by atoms with Crippen LogP contribution in [-0.2, 0) is 19.4 Å². The first kappa shape index (κ1) is 13.6. The molecule has 0 saturated carbocycles. The van der Waals surface area contributed by atoms with E-state index in [0.717, 1.165) is 36.5 Å². The van der Waals surface area contributed by atoms with E-state index >= 15 is 0 Å². The Hall–Kier alpha value is -1.39. The number of fused-ring (bicyclic) bond motifs is 1. The first-order valence-electron chi connectivity index (χ1n) is 7.16. The Labute approximate surface area is 123 Å². The van der Waals surface area contributed by atoms with Crippen LogP contribution in [0.4, 0.5) is 5.82 Å². The van der Waals surface area contributed by atoms with E-state index in [9.17, 15) is 5.11 Å². The van der Waals surface area contributed by atoms with Gasteiger partial charge in [0.1, 0.15) is 5.82 Å². The number of rotatable bonds is 3. The van der Waals surface area contributed by atoms with E-state index in [2.05, 4.69) is 30.2 Å². The summed E-state index contributed by atoms with van der Waals surface area (Å²) in [5, 5.41) is 11.6. The van der Waals surface area contributed by atoms with Gasteiger partial charge in [-0.3, -0.25) is 0 Å². The second-order valence-corrected chi connectivity index (χ2v) is 6.26. The van der Waals surface area contributed by atoms with Gasteiger partial charge in [-0.1, -0.05) is 6.92 Å². The zero-order chi connectivity index (χ0) is 14.1.